The van der Waals surface area contributed by atoms with E-state index in [2.05, 4.69) is 10.0 Å². The van der Waals surface area contributed by atoms with Crippen LogP contribution < -0.4 is 9.80 Å². The SMILES string of the molecule is CC(=O)OCc1cc(OC(C)=O)c2c(c1)N1C[C@H](N=[N+]=[N-])[C@@H](OS(C)(=O)=O)[C@@](O)(O1)[C@H]2CO. The minimum absolute atomic E-state index is 0.0757. The Morgan fingerprint density at radius 3 is 2.61 bits per heavy atom. The maximum atomic E-state index is 11.9. The molecule has 2 aliphatic rings. The van der Waals surface area contributed by atoms with Gasteiger partial charge in [0.15, 0.2) is 0 Å². The number of hydrogen-bond acceptors (Lipinski definition) is 12. The summed E-state index contributed by atoms with van der Waals surface area (Å²) in [7, 11) is -4.17. The van der Waals surface area contributed by atoms with Crippen molar-refractivity contribution in [1.82, 2.24) is 0 Å². The van der Waals surface area contributed by atoms with Gasteiger partial charge in [0.2, 0.25) is 5.79 Å². The highest BCUT2D eigenvalue weighted by atomic mass is 32.2. The first-order valence-corrected chi connectivity index (χ1v) is 11.4. The van der Waals surface area contributed by atoms with Gasteiger partial charge in [0.25, 0.3) is 10.1 Å². The third kappa shape index (κ3) is 5.03. The molecule has 0 unspecified atom stereocenters. The molecule has 1 aromatic carbocycles. The number of esters is 2. The second kappa shape index (κ2) is 9.13. The fraction of sp³-hybridized carbons (Fsp3) is 0.556. The topological polar surface area (TPSA) is 198 Å². The maximum Gasteiger partial charge on any atom is 0.308 e. The number of aliphatic hydroxyl groups is 2. The lowest BCUT2D eigenvalue weighted by Gasteiger charge is -2.53. The summed E-state index contributed by atoms with van der Waals surface area (Å²) in [5.41, 5.74) is 9.69. The summed E-state index contributed by atoms with van der Waals surface area (Å²) >= 11 is 0. The van der Waals surface area contributed by atoms with Crippen LogP contribution in [0.1, 0.15) is 30.9 Å². The molecule has 180 valence electrons. The van der Waals surface area contributed by atoms with Crippen LogP contribution in [0.15, 0.2) is 17.2 Å². The van der Waals surface area contributed by atoms with Crippen LogP contribution in [0.25, 0.3) is 10.4 Å². The largest absolute Gasteiger partial charge is 0.461 e. The molecule has 1 saturated heterocycles. The van der Waals surface area contributed by atoms with Crippen LogP contribution in [0.3, 0.4) is 0 Å². The highest BCUT2D eigenvalue weighted by Gasteiger charge is 2.60. The van der Waals surface area contributed by atoms with E-state index < -0.39 is 52.5 Å². The van der Waals surface area contributed by atoms with Crippen molar-refractivity contribution in [1.29, 1.82) is 0 Å². The molecular weight excluding hydrogens is 464 g/mol. The van der Waals surface area contributed by atoms with E-state index in [1.165, 1.54) is 19.1 Å². The smallest absolute Gasteiger partial charge is 0.308 e. The van der Waals surface area contributed by atoms with Gasteiger partial charge in [-0.1, -0.05) is 5.11 Å². The van der Waals surface area contributed by atoms with Crippen molar-refractivity contribution >= 4 is 27.7 Å². The molecule has 33 heavy (non-hydrogen) atoms. The molecule has 0 aromatic heterocycles. The number of anilines is 1. The minimum atomic E-state index is -4.17. The van der Waals surface area contributed by atoms with E-state index in [9.17, 15) is 28.2 Å². The molecular formula is C18H22N4O10S. The van der Waals surface area contributed by atoms with Crippen LogP contribution in [0.4, 0.5) is 5.69 Å². The van der Waals surface area contributed by atoms with Gasteiger partial charge in [0.1, 0.15) is 18.5 Å². The average Bonchev–Trinajstić information content (AvgIpc) is 2.69. The van der Waals surface area contributed by atoms with Crippen LogP contribution in [-0.4, -0.2) is 67.9 Å². The normalized spacial score (nSPS) is 26.1. The molecule has 15 heteroatoms. The first-order valence-electron chi connectivity index (χ1n) is 9.60. The highest BCUT2D eigenvalue weighted by molar-refractivity contribution is 7.86. The number of rotatable bonds is 7. The van der Waals surface area contributed by atoms with E-state index in [1.54, 1.807) is 0 Å². The first-order chi connectivity index (χ1) is 15.4. The quantitative estimate of drug-likeness (QED) is 0.133. The van der Waals surface area contributed by atoms with Gasteiger partial charge < -0.3 is 19.7 Å². The number of carbonyl (C=O) groups excluding carboxylic acids is 2. The van der Waals surface area contributed by atoms with Crippen molar-refractivity contribution in [2.75, 3.05) is 24.5 Å². The number of carbonyl (C=O) groups is 2. The van der Waals surface area contributed by atoms with Crippen molar-refractivity contribution in [3.63, 3.8) is 0 Å². The van der Waals surface area contributed by atoms with Gasteiger partial charge in [-0.05, 0) is 23.2 Å². The zero-order chi connectivity index (χ0) is 24.6. The Balaban J connectivity index is 2.22. The predicted octanol–water partition coefficient (Wildman–Crippen LogP) is 0.228. The number of fused-ring (bicyclic) bond motifs is 4. The Kier molecular flexibility index (Phi) is 6.83. The number of hydrogen-bond donors (Lipinski definition) is 2. The van der Waals surface area contributed by atoms with Gasteiger partial charge in [-0.2, -0.15) is 8.42 Å². The van der Waals surface area contributed by atoms with Crippen molar-refractivity contribution in [3.05, 3.63) is 33.7 Å². The molecule has 3 rings (SSSR count). The lowest BCUT2D eigenvalue weighted by Crippen LogP contribution is -2.68. The maximum absolute atomic E-state index is 11.9. The van der Waals surface area contributed by atoms with Gasteiger partial charge in [-0.25, -0.2) is 9.90 Å². The van der Waals surface area contributed by atoms with Crippen LogP contribution >= 0.6 is 0 Å². The number of nitrogens with zero attached hydrogens (tertiary/aromatic N) is 4. The Morgan fingerprint density at radius 2 is 2.06 bits per heavy atom. The molecule has 0 amide bonds. The molecule has 0 radical (unpaired) electrons. The van der Waals surface area contributed by atoms with Crippen LogP contribution in [0, 0.1) is 0 Å². The van der Waals surface area contributed by atoms with Crippen LogP contribution in [0.2, 0.25) is 0 Å². The zero-order valence-corrected chi connectivity index (χ0v) is 18.7. The number of hydroxylamine groups is 1. The fourth-order valence-corrected chi connectivity index (χ4v) is 4.50. The number of aliphatic hydroxyl groups excluding tert-OH is 1. The van der Waals surface area contributed by atoms with Gasteiger partial charge in [-0.3, -0.25) is 13.8 Å². The number of benzene rings is 1. The number of ether oxygens (including phenoxy) is 2. The molecule has 0 spiro atoms. The zero-order valence-electron chi connectivity index (χ0n) is 17.9. The summed E-state index contributed by atoms with van der Waals surface area (Å²) in [6.45, 7) is 1.13. The van der Waals surface area contributed by atoms with E-state index in [1.807, 2.05) is 0 Å². The van der Waals surface area contributed by atoms with Crippen molar-refractivity contribution in [2.24, 2.45) is 5.11 Å². The highest BCUT2D eigenvalue weighted by Crippen LogP contribution is 2.52. The Hall–Kier alpha value is -2.94. The van der Waals surface area contributed by atoms with E-state index in [0.717, 1.165) is 18.2 Å². The standard InChI is InChI=1S/C18H22N4O10S/c1-9(24)29-8-11-4-14-16(15(5-11)30-10(2)25)12(7-23)18(26)17(31-33(3,27)28)13(20-21-19)6-22(14)32-18/h4-5,12-13,17,23,26H,6-8H2,1-3H3/t12-,13-,17+,18-/m0/s1. The number of azide groups is 1. The fourth-order valence-electron chi connectivity index (χ4n) is 3.86. The summed E-state index contributed by atoms with van der Waals surface area (Å²) in [6, 6.07) is 1.65. The van der Waals surface area contributed by atoms with Crippen molar-refractivity contribution in [2.45, 2.75) is 44.3 Å². The summed E-state index contributed by atoms with van der Waals surface area (Å²) in [4.78, 5) is 31.3. The molecule has 2 bridgehead atoms. The lowest BCUT2D eigenvalue weighted by molar-refractivity contribution is -0.299. The summed E-state index contributed by atoms with van der Waals surface area (Å²) in [5, 5.41) is 26.3. The molecule has 2 aliphatic heterocycles. The van der Waals surface area contributed by atoms with Gasteiger partial charge in [-0.15, -0.1) is 0 Å². The summed E-state index contributed by atoms with van der Waals surface area (Å²) in [5.74, 6) is -5.25. The third-order valence-corrected chi connectivity index (χ3v) is 5.58. The molecule has 2 N–H and O–H groups in total. The van der Waals surface area contributed by atoms with E-state index in [-0.39, 0.29) is 30.2 Å². The molecule has 14 nitrogen and oxygen atoms in total. The second-order valence-corrected chi connectivity index (χ2v) is 9.13. The first kappa shape index (κ1) is 24.7. The minimum Gasteiger partial charge on any atom is -0.461 e. The van der Waals surface area contributed by atoms with E-state index in [0.29, 0.717) is 5.56 Å². The van der Waals surface area contributed by atoms with Gasteiger partial charge >= 0.3 is 11.9 Å². The molecule has 2 heterocycles. The Bertz CT molecular complexity index is 1120. The van der Waals surface area contributed by atoms with E-state index in [4.69, 9.17) is 24.0 Å². The molecule has 1 aromatic rings. The average molecular weight is 486 g/mol. The monoisotopic (exact) mass is 486 g/mol. The van der Waals surface area contributed by atoms with Crippen LogP contribution in [-0.2, 0) is 40.1 Å². The Labute approximate surface area is 188 Å². The van der Waals surface area contributed by atoms with Crippen molar-refractivity contribution < 1.29 is 46.7 Å². The van der Waals surface area contributed by atoms with Crippen molar-refractivity contribution in [3.8, 4) is 5.75 Å². The molecule has 0 saturated carbocycles. The summed E-state index contributed by atoms with van der Waals surface area (Å²) in [6.07, 6.45) is -0.984. The summed E-state index contributed by atoms with van der Waals surface area (Å²) < 4.78 is 39.0. The predicted molar refractivity (Wildman–Crippen MR) is 109 cm³/mol. The third-order valence-electron chi connectivity index (χ3n) is 5.02. The lowest BCUT2D eigenvalue weighted by atomic mass is 9.80. The molecule has 0 aliphatic carbocycles. The van der Waals surface area contributed by atoms with Crippen LogP contribution in [0.5, 0.6) is 5.75 Å². The van der Waals surface area contributed by atoms with E-state index >= 15 is 0 Å². The molecule has 4 atom stereocenters. The Morgan fingerprint density at radius 1 is 1.36 bits per heavy atom. The van der Waals surface area contributed by atoms with Gasteiger partial charge in [0, 0.05) is 24.3 Å². The molecule has 1 fully saturated rings. The second-order valence-electron chi connectivity index (χ2n) is 7.53. The van der Waals surface area contributed by atoms with Gasteiger partial charge in [0.05, 0.1) is 37.1 Å².